The highest BCUT2D eigenvalue weighted by Crippen LogP contribution is 2.38. The molecule has 0 fully saturated rings. The zero-order valence-corrected chi connectivity index (χ0v) is 11.9. The average molecular weight is 280 g/mol. The fraction of sp³-hybridized carbons (Fsp3) is 0.462. The van der Waals surface area contributed by atoms with Crippen LogP contribution in [-0.2, 0) is 9.53 Å². The maximum atomic E-state index is 11.5. The number of aromatic hydroxyl groups is 1. The predicted octanol–water partition coefficient (Wildman–Crippen LogP) is 2.70. The summed E-state index contributed by atoms with van der Waals surface area (Å²) in [5, 5.41) is 10.1. The Morgan fingerprint density at radius 3 is 2.79 bits per heavy atom. The number of ether oxygens (including phenoxy) is 1. The van der Waals surface area contributed by atoms with E-state index in [1.54, 1.807) is 12.1 Å². The molecule has 1 N–H and O–H groups in total. The Hall–Kier alpha value is -1.69. The number of carbonyl (C=O) groups is 1. The first kappa shape index (κ1) is 13.7. The highest BCUT2D eigenvalue weighted by atomic mass is 32.1. The minimum absolute atomic E-state index is 0.139. The molecule has 1 heterocycles. The molecule has 0 unspecified atom stereocenters. The van der Waals surface area contributed by atoms with Gasteiger partial charge in [-0.1, -0.05) is 13.8 Å². The van der Waals surface area contributed by atoms with Crippen molar-refractivity contribution in [3.8, 4) is 5.75 Å². The molecule has 0 aliphatic carbocycles. The fourth-order valence-corrected chi connectivity index (χ4v) is 2.71. The van der Waals surface area contributed by atoms with Crippen molar-refractivity contribution in [3.05, 3.63) is 17.7 Å². The van der Waals surface area contributed by atoms with Crippen molar-refractivity contribution in [1.82, 2.24) is 8.75 Å². The van der Waals surface area contributed by atoms with E-state index in [9.17, 15) is 9.90 Å². The summed E-state index contributed by atoms with van der Waals surface area (Å²) in [5.74, 6) is -0.0987. The van der Waals surface area contributed by atoms with E-state index in [0.717, 1.165) is 17.2 Å². The number of hydrogen-bond donors (Lipinski definition) is 1. The molecule has 102 valence electrons. The Labute approximate surface area is 115 Å². The number of rotatable bonds is 4. The van der Waals surface area contributed by atoms with Crippen LogP contribution in [0.15, 0.2) is 12.1 Å². The minimum atomic E-state index is -0.293. The summed E-state index contributed by atoms with van der Waals surface area (Å²) in [7, 11) is 1.37. The van der Waals surface area contributed by atoms with Crippen LogP contribution in [0.2, 0.25) is 0 Å². The number of esters is 1. The number of phenols is 1. The van der Waals surface area contributed by atoms with Crippen LogP contribution in [0.5, 0.6) is 5.75 Å². The van der Waals surface area contributed by atoms with Gasteiger partial charge in [-0.05, 0) is 18.1 Å². The van der Waals surface area contributed by atoms with E-state index in [-0.39, 0.29) is 30.0 Å². The first-order valence-electron chi connectivity index (χ1n) is 6.05. The van der Waals surface area contributed by atoms with E-state index in [0.29, 0.717) is 11.1 Å². The molecule has 6 heteroatoms. The van der Waals surface area contributed by atoms with Crippen molar-refractivity contribution in [2.75, 3.05) is 7.11 Å². The Bertz CT molecular complexity index is 595. The lowest BCUT2D eigenvalue weighted by atomic mass is 9.84. The van der Waals surface area contributed by atoms with Crippen LogP contribution >= 0.6 is 11.7 Å². The first-order chi connectivity index (χ1) is 9.04. The Kier molecular flexibility index (Phi) is 3.99. The van der Waals surface area contributed by atoms with Gasteiger partial charge in [0.1, 0.15) is 16.8 Å². The highest BCUT2D eigenvalue weighted by Gasteiger charge is 2.26. The monoisotopic (exact) mass is 280 g/mol. The molecule has 2 aromatic rings. The molecule has 0 radical (unpaired) electrons. The van der Waals surface area contributed by atoms with Crippen LogP contribution in [0.25, 0.3) is 11.0 Å². The summed E-state index contributed by atoms with van der Waals surface area (Å²) in [6.45, 7) is 4.01. The molecule has 0 spiro atoms. The quantitative estimate of drug-likeness (QED) is 0.872. The van der Waals surface area contributed by atoms with Gasteiger partial charge in [0, 0.05) is 11.5 Å². The average Bonchev–Trinajstić information content (AvgIpc) is 2.84. The molecule has 0 aliphatic heterocycles. The molecule has 0 bridgehead atoms. The van der Waals surface area contributed by atoms with Gasteiger partial charge < -0.3 is 9.84 Å². The number of phenolic OH excluding ortho intramolecular Hbond substituents is 1. The second-order valence-corrected chi connectivity index (χ2v) is 5.29. The summed E-state index contributed by atoms with van der Waals surface area (Å²) in [6, 6.07) is 3.33. The van der Waals surface area contributed by atoms with Gasteiger partial charge in [-0.2, -0.15) is 8.75 Å². The number of nitrogens with zero attached hydrogens (tertiary/aromatic N) is 2. The van der Waals surface area contributed by atoms with E-state index in [1.165, 1.54) is 7.11 Å². The summed E-state index contributed by atoms with van der Waals surface area (Å²) < 4.78 is 13.1. The van der Waals surface area contributed by atoms with Gasteiger partial charge in [0.15, 0.2) is 0 Å². The third-order valence-corrected chi connectivity index (χ3v) is 3.78. The molecule has 0 aliphatic rings. The molecule has 1 aromatic heterocycles. The van der Waals surface area contributed by atoms with E-state index in [4.69, 9.17) is 4.74 Å². The van der Waals surface area contributed by atoms with Crippen molar-refractivity contribution < 1.29 is 14.6 Å². The number of fused-ring (bicyclic) bond motifs is 1. The standard InChI is InChI=1S/C13H16N2O3S/c1-7(2)8(6-11(17)18-3)12-10(16)5-4-9-13(12)15-19-14-9/h4-5,7-8,16H,6H2,1-3H3/t8-/m0/s1. The minimum Gasteiger partial charge on any atom is -0.508 e. The number of carbonyl (C=O) groups excluding carboxylic acids is 1. The molecular formula is C13H16N2O3S. The number of benzene rings is 1. The molecule has 0 saturated carbocycles. The highest BCUT2D eigenvalue weighted by molar-refractivity contribution is 7.00. The second-order valence-electron chi connectivity index (χ2n) is 4.76. The predicted molar refractivity (Wildman–Crippen MR) is 73.3 cm³/mol. The van der Waals surface area contributed by atoms with Crippen LogP contribution in [0.4, 0.5) is 0 Å². The van der Waals surface area contributed by atoms with E-state index in [2.05, 4.69) is 8.75 Å². The molecule has 5 nitrogen and oxygen atoms in total. The van der Waals surface area contributed by atoms with Gasteiger partial charge in [-0.25, -0.2) is 0 Å². The fourth-order valence-electron chi connectivity index (χ4n) is 2.16. The largest absolute Gasteiger partial charge is 0.508 e. The lowest BCUT2D eigenvalue weighted by Crippen LogP contribution is -2.14. The zero-order chi connectivity index (χ0) is 14.0. The van der Waals surface area contributed by atoms with Crippen LogP contribution in [-0.4, -0.2) is 26.9 Å². The van der Waals surface area contributed by atoms with Crippen molar-refractivity contribution in [2.45, 2.75) is 26.2 Å². The maximum absolute atomic E-state index is 11.5. The van der Waals surface area contributed by atoms with Crippen LogP contribution < -0.4 is 0 Å². The Morgan fingerprint density at radius 1 is 1.42 bits per heavy atom. The Morgan fingerprint density at radius 2 is 2.16 bits per heavy atom. The van der Waals surface area contributed by atoms with Crippen LogP contribution in [0.3, 0.4) is 0 Å². The molecule has 1 atom stereocenters. The number of aromatic nitrogens is 2. The van der Waals surface area contributed by atoms with Gasteiger partial charge in [-0.15, -0.1) is 0 Å². The summed E-state index contributed by atoms with van der Waals surface area (Å²) in [5.41, 5.74) is 2.10. The van der Waals surface area contributed by atoms with E-state index in [1.807, 2.05) is 13.8 Å². The van der Waals surface area contributed by atoms with Gasteiger partial charge in [-0.3, -0.25) is 4.79 Å². The van der Waals surface area contributed by atoms with Crippen LogP contribution in [0, 0.1) is 5.92 Å². The topological polar surface area (TPSA) is 72.3 Å². The summed E-state index contributed by atoms with van der Waals surface area (Å²) >= 11 is 1.10. The van der Waals surface area contributed by atoms with Crippen molar-refractivity contribution in [2.24, 2.45) is 5.92 Å². The smallest absolute Gasteiger partial charge is 0.306 e. The number of hydrogen-bond acceptors (Lipinski definition) is 6. The molecule has 0 saturated heterocycles. The van der Waals surface area contributed by atoms with Crippen molar-refractivity contribution in [1.29, 1.82) is 0 Å². The lowest BCUT2D eigenvalue weighted by Gasteiger charge is -2.21. The summed E-state index contributed by atoms with van der Waals surface area (Å²) in [4.78, 5) is 11.5. The summed E-state index contributed by atoms with van der Waals surface area (Å²) in [6.07, 6.45) is 0.221. The molecule has 19 heavy (non-hydrogen) atoms. The Balaban J connectivity index is 2.52. The van der Waals surface area contributed by atoms with Crippen molar-refractivity contribution in [3.63, 3.8) is 0 Å². The lowest BCUT2D eigenvalue weighted by molar-refractivity contribution is -0.141. The third-order valence-electron chi connectivity index (χ3n) is 3.23. The second kappa shape index (κ2) is 5.52. The zero-order valence-electron chi connectivity index (χ0n) is 11.1. The molecule has 0 amide bonds. The van der Waals surface area contributed by atoms with Crippen molar-refractivity contribution >= 4 is 28.7 Å². The third kappa shape index (κ3) is 2.68. The first-order valence-corrected chi connectivity index (χ1v) is 6.78. The van der Waals surface area contributed by atoms with E-state index >= 15 is 0 Å². The van der Waals surface area contributed by atoms with Gasteiger partial charge in [0.2, 0.25) is 0 Å². The van der Waals surface area contributed by atoms with Crippen LogP contribution in [0.1, 0.15) is 31.7 Å². The number of methoxy groups -OCH3 is 1. The van der Waals surface area contributed by atoms with Gasteiger partial charge >= 0.3 is 5.97 Å². The normalized spacial score (nSPS) is 12.8. The van der Waals surface area contributed by atoms with Gasteiger partial charge in [0.25, 0.3) is 0 Å². The molecule has 1 aromatic carbocycles. The van der Waals surface area contributed by atoms with E-state index < -0.39 is 0 Å². The molecule has 2 rings (SSSR count). The van der Waals surface area contributed by atoms with Gasteiger partial charge in [0.05, 0.1) is 25.3 Å². The SMILES string of the molecule is COC(=O)C[C@H](c1c(O)ccc2nsnc12)C(C)C. The molecular weight excluding hydrogens is 264 g/mol. The maximum Gasteiger partial charge on any atom is 0.306 e.